The van der Waals surface area contributed by atoms with Crippen molar-refractivity contribution in [2.45, 2.75) is 25.3 Å². The van der Waals surface area contributed by atoms with Crippen LogP contribution in [-0.2, 0) is 0 Å². The van der Waals surface area contributed by atoms with E-state index < -0.39 is 0 Å². The van der Waals surface area contributed by atoms with Crippen LogP contribution in [0.4, 0.5) is 11.4 Å². The van der Waals surface area contributed by atoms with Crippen LogP contribution in [0.25, 0.3) is 0 Å². The number of rotatable bonds is 2. The zero-order valence-corrected chi connectivity index (χ0v) is 14.0. The highest BCUT2D eigenvalue weighted by Gasteiger charge is 2.38. The van der Waals surface area contributed by atoms with E-state index in [0.717, 1.165) is 28.3 Å². The number of nitrogens with zero attached hydrogens (tertiary/aromatic N) is 1. The van der Waals surface area contributed by atoms with E-state index in [1.54, 1.807) is 12.1 Å². The Morgan fingerprint density at radius 2 is 2.12 bits per heavy atom. The second-order valence-corrected chi connectivity index (χ2v) is 6.87. The number of nitro groups is 1. The summed E-state index contributed by atoms with van der Waals surface area (Å²) in [6, 6.07) is 11.0. The lowest BCUT2D eigenvalue weighted by atomic mass is 9.76. The molecule has 0 fully saturated rings. The number of hydrogen-bond acceptors (Lipinski definition) is 3. The molecule has 0 spiro atoms. The molecule has 4 rings (SSSR count). The maximum absolute atomic E-state index is 11.1. The van der Waals surface area contributed by atoms with E-state index in [4.69, 9.17) is 11.6 Å². The van der Waals surface area contributed by atoms with Gasteiger partial charge in [0, 0.05) is 28.8 Å². The van der Waals surface area contributed by atoms with Crippen molar-refractivity contribution in [1.82, 2.24) is 0 Å². The normalized spacial score (nSPS) is 24.2. The molecule has 1 heterocycles. The summed E-state index contributed by atoms with van der Waals surface area (Å²) in [7, 11) is 0. The second-order valence-electron chi connectivity index (χ2n) is 6.46. The molecule has 2 aromatic rings. The monoisotopic (exact) mass is 340 g/mol. The Hall–Kier alpha value is -2.33. The molecular formula is C19H17ClN2O2. The standard InChI is InChI=1S/C19H17ClN2O2/c1-11-17(20)9-8-16-14-6-3-7-15(14)19(21-18(11)16)12-4-2-5-13(10-12)22(23)24/h2-6,8-10,14-15,19,21H,7H2,1H3/t14-,15+,19+/m0/s1. The number of hydrogen-bond donors (Lipinski definition) is 1. The minimum Gasteiger partial charge on any atom is -0.377 e. The highest BCUT2D eigenvalue weighted by atomic mass is 35.5. The highest BCUT2D eigenvalue weighted by molar-refractivity contribution is 6.31. The molecule has 0 unspecified atom stereocenters. The predicted octanol–water partition coefficient (Wildman–Crippen LogP) is 5.38. The van der Waals surface area contributed by atoms with Crippen molar-refractivity contribution in [2.24, 2.45) is 5.92 Å². The van der Waals surface area contributed by atoms with Crippen molar-refractivity contribution in [1.29, 1.82) is 0 Å². The average molecular weight is 341 g/mol. The van der Waals surface area contributed by atoms with Crippen molar-refractivity contribution in [2.75, 3.05) is 5.32 Å². The molecule has 1 aliphatic carbocycles. The average Bonchev–Trinajstić information content (AvgIpc) is 3.07. The highest BCUT2D eigenvalue weighted by Crippen LogP contribution is 2.51. The van der Waals surface area contributed by atoms with Gasteiger partial charge >= 0.3 is 0 Å². The van der Waals surface area contributed by atoms with Gasteiger partial charge in [-0.2, -0.15) is 0 Å². The first-order valence-corrected chi connectivity index (χ1v) is 8.40. The van der Waals surface area contributed by atoms with Crippen LogP contribution in [0.2, 0.25) is 5.02 Å². The molecule has 0 saturated heterocycles. The Balaban J connectivity index is 1.82. The third kappa shape index (κ3) is 2.29. The molecule has 5 heteroatoms. The van der Waals surface area contributed by atoms with Crippen LogP contribution < -0.4 is 5.32 Å². The van der Waals surface area contributed by atoms with Crippen LogP contribution in [0.1, 0.15) is 35.1 Å². The van der Waals surface area contributed by atoms with Gasteiger partial charge in [0.2, 0.25) is 0 Å². The van der Waals surface area contributed by atoms with E-state index in [2.05, 4.69) is 23.5 Å². The molecule has 3 atom stereocenters. The Morgan fingerprint density at radius 1 is 1.29 bits per heavy atom. The van der Waals surface area contributed by atoms with Crippen LogP contribution in [0.3, 0.4) is 0 Å². The van der Waals surface area contributed by atoms with Crippen LogP contribution in [0.5, 0.6) is 0 Å². The summed E-state index contributed by atoms with van der Waals surface area (Å²) in [5.74, 6) is 0.682. The van der Waals surface area contributed by atoms with Crippen LogP contribution in [0.15, 0.2) is 48.6 Å². The summed E-state index contributed by atoms with van der Waals surface area (Å²) in [5, 5.41) is 15.5. The fourth-order valence-electron chi connectivity index (χ4n) is 3.95. The van der Waals surface area contributed by atoms with Crippen molar-refractivity contribution < 1.29 is 4.92 Å². The Morgan fingerprint density at radius 3 is 2.92 bits per heavy atom. The van der Waals surface area contributed by atoms with E-state index in [0.29, 0.717) is 11.8 Å². The maximum atomic E-state index is 11.1. The zero-order valence-electron chi connectivity index (χ0n) is 13.2. The molecule has 24 heavy (non-hydrogen) atoms. The van der Waals surface area contributed by atoms with E-state index in [1.165, 1.54) is 11.6 Å². The number of allylic oxidation sites excluding steroid dienone is 2. The molecule has 1 aliphatic heterocycles. The Kier molecular flexibility index (Phi) is 3.57. The molecule has 0 saturated carbocycles. The predicted molar refractivity (Wildman–Crippen MR) is 95.6 cm³/mol. The van der Waals surface area contributed by atoms with Gasteiger partial charge < -0.3 is 5.32 Å². The molecule has 0 radical (unpaired) electrons. The van der Waals surface area contributed by atoms with Gasteiger partial charge in [-0.25, -0.2) is 0 Å². The van der Waals surface area contributed by atoms with Gasteiger partial charge in [0.15, 0.2) is 0 Å². The van der Waals surface area contributed by atoms with Gasteiger partial charge in [0.25, 0.3) is 5.69 Å². The summed E-state index contributed by atoms with van der Waals surface area (Å²) in [4.78, 5) is 10.8. The number of nitrogens with one attached hydrogen (secondary N) is 1. The van der Waals surface area contributed by atoms with Gasteiger partial charge in [0.05, 0.1) is 11.0 Å². The summed E-state index contributed by atoms with van der Waals surface area (Å²) in [6.07, 6.45) is 5.43. The van der Waals surface area contributed by atoms with Crippen LogP contribution in [-0.4, -0.2) is 4.92 Å². The lowest BCUT2D eigenvalue weighted by Crippen LogP contribution is -2.29. The third-order valence-electron chi connectivity index (χ3n) is 5.17. The third-order valence-corrected chi connectivity index (χ3v) is 5.58. The first-order chi connectivity index (χ1) is 11.6. The first kappa shape index (κ1) is 15.2. The number of benzene rings is 2. The number of nitro benzene ring substituents is 1. The van der Waals surface area contributed by atoms with E-state index >= 15 is 0 Å². The van der Waals surface area contributed by atoms with Crippen molar-refractivity contribution in [3.8, 4) is 0 Å². The van der Waals surface area contributed by atoms with Gasteiger partial charge in [-0.3, -0.25) is 10.1 Å². The molecule has 0 bridgehead atoms. The quantitative estimate of drug-likeness (QED) is 0.453. The molecule has 2 aliphatic rings. The molecule has 1 N–H and O–H groups in total. The summed E-state index contributed by atoms with van der Waals surface area (Å²) < 4.78 is 0. The summed E-state index contributed by atoms with van der Waals surface area (Å²) in [5.41, 5.74) is 4.44. The van der Waals surface area contributed by atoms with E-state index in [9.17, 15) is 10.1 Å². The molecular weight excluding hydrogens is 324 g/mol. The Labute approximate surface area is 145 Å². The molecule has 4 nitrogen and oxygen atoms in total. The smallest absolute Gasteiger partial charge is 0.269 e. The largest absolute Gasteiger partial charge is 0.377 e. The van der Waals surface area contributed by atoms with E-state index in [-0.39, 0.29) is 16.7 Å². The van der Waals surface area contributed by atoms with Gasteiger partial charge in [0.1, 0.15) is 0 Å². The second kappa shape index (κ2) is 5.64. The SMILES string of the molecule is Cc1c(Cl)ccc2c1N[C@H](c1cccc([N+](=O)[O-])c1)[C@@H]1CC=C[C@H]21. The number of anilines is 1. The lowest BCUT2D eigenvalue weighted by molar-refractivity contribution is -0.384. The minimum absolute atomic E-state index is 0.0366. The fourth-order valence-corrected chi connectivity index (χ4v) is 4.11. The van der Waals surface area contributed by atoms with Gasteiger partial charge in [-0.15, -0.1) is 0 Å². The minimum atomic E-state index is -0.341. The van der Waals surface area contributed by atoms with Crippen molar-refractivity contribution in [3.63, 3.8) is 0 Å². The molecule has 0 aromatic heterocycles. The van der Waals surface area contributed by atoms with Crippen LogP contribution >= 0.6 is 11.6 Å². The lowest BCUT2D eigenvalue weighted by Gasteiger charge is -2.38. The summed E-state index contributed by atoms with van der Waals surface area (Å²) >= 11 is 6.30. The van der Waals surface area contributed by atoms with Gasteiger partial charge in [-0.1, -0.05) is 42.0 Å². The fraction of sp³-hybridized carbons (Fsp3) is 0.263. The number of fused-ring (bicyclic) bond motifs is 3. The molecule has 2 aromatic carbocycles. The Bertz CT molecular complexity index is 862. The van der Waals surface area contributed by atoms with Crippen molar-refractivity contribution in [3.05, 3.63) is 80.4 Å². The molecule has 122 valence electrons. The maximum Gasteiger partial charge on any atom is 0.269 e. The summed E-state index contributed by atoms with van der Waals surface area (Å²) in [6.45, 7) is 2.01. The van der Waals surface area contributed by atoms with E-state index in [1.807, 2.05) is 19.1 Å². The van der Waals surface area contributed by atoms with Gasteiger partial charge in [-0.05, 0) is 42.0 Å². The molecule has 0 amide bonds. The van der Waals surface area contributed by atoms with Crippen molar-refractivity contribution >= 4 is 23.0 Å². The first-order valence-electron chi connectivity index (χ1n) is 8.03. The zero-order chi connectivity index (χ0) is 16.8. The van der Waals surface area contributed by atoms with Crippen LogP contribution in [0, 0.1) is 23.0 Å². The topological polar surface area (TPSA) is 55.2 Å². The number of non-ortho nitro benzene ring substituents is 1. The number of halogens is 1.